The summed E-state index contributed by atoms with van der Waals surface area (Å²) in [5.41, 5.74) is 3.20. The van der Waals surface area contributed by atoms with Crippen molar-refractivity contribution < 1.29 is 18.4 Å². The highest BCUT2D eigenvalue weighted by Crippen LogP contribution is 2.42. The molecule has 0 unspecified atom stereocenters. The van der Waals surface area contributed by atoms with Crippen LogP contribution in [0.3, 0.4) is 0 Å². The molecule has 5 rings (SSSR count). The molecule has 0 aliphatic carbocycles. The standard InChI is InChI=1S/C27H20ClF2N3O2S/c1-31-18-8-5-15(6-9-18)27(35)33-12-11-16-13-23(26(34)32-24-20(28)3-2-4-21(24)30)36-25(16)19-10-7-17(29)14-22(19)33/h2-10,13-14,31H,11-12H2,1H3,(H,32,34). The number of benzene rings is 3. The molecule has 0 atom stereocenters. The third-order valence-corrected chi connectivity index (χ3v) is 7.52. The lowest BCUT2D eigenvalue weighted by atomic mass is 10.1. The summed E-state index contributed by atoms with van der Waals surface area (Å²) in [6.45, 7) is 0.299. The van der Waals surface area contributed by atoms with Gasteiger partial charge in [-0.3, -0.25) is 9.59 Å². The van der Waals surface area contributed by atoms with Crippen molar-refractivity contribution in [1.82, 2.24) is 0 Å². The molecule has 4 aromatic rings. The summed E-state index contributed by atoms with van der Waals surface area (Å²) in [6.07, 6.45) is 0.455. The second-order valence-electron chi connectivity index (χ2n) is 8.21. The fourth-order valence-electron chi connectivity index (χ4n) is 4.17. The first kappa shape index (κ1) is 24.0. The molecule has 5 nitrogen and oxygen atoms in total. The van der Waals surface area contributed by atoms with E-state index in [1.54, 1.807) is 48.3 Å². The number of halogens is 3. The van der Waals surface area contributed by atoms with Gasteiger partial charge in [-0.25, -0.2) is 8.78 Å². The van der Waals surface area contributed by atoms with E-state index in [0.29, 0.717) is 34.7 Å². The zero-order valence-corrected chi connectivity index (χ0v) is 20.6. The highest BCUT2D eigenvalue weighted by Gasteiger charge is 2.28. The number of fused-ring (bicyclic) bond motifs is 3. The van der Waals surface area contributed by atoms with E-state index in [4.69, 9.17) is 11.6 Å². The van der Waals surface area contributed by atoms with Crippen LogP contribution in [-0.2, 0) is 6.42 Å². The van der Waals surface area contributed by atoms with Crippen molar-refractivity contribution in [1.29, 1.82) is 0 Å². The smallest absolute Gasteiger partial charge is 0.265 e. The van der Waals surface area contributed by atoms with Crippen LogP contribution in [0.4, 0.5) is 25.8 Å². The summed E-state index contributed by atoms with van der Waals surface area (Å²) < 4.78 is 28.5. The molecule has 0 bridgehead atoms. The summed E-state index contributed by atoms with van der Waals surface area (Å²) in [7, 11) is 1.79. The van der Waals surface area contributed by atoms with Crippen LogP contribution in [0.15, 0.2) is 66.7 Å². The third-order valence-electron chi connectivity index (χ3n) is 6.00. The lowest BCUT2D eigenvalue weighted by molar-refractivity contribution is 0.0985. The Morgan fingerprint density at radius 1 is 1.03 bits per heavy atom. The molecule has 1 aliphatic heterocycles. The molecule has 9 heteroatoms. The van der Waals surface area contributed by atoms with Crippen LogP contribution in [-0.4, -0.2) is 25.4 Å². The number of amides is 2. The van der Waals surface area contributed by atoms with E-state index >= 15 is 0 Å². The lowest BCUT2D eigenvalue weighted by Crippen LogP contribution is -2.32. The van der Waals surface area contributed by atoms with Gasteiger partial charge in [0, 0.05) is 35.3 Å². The van der Waals surface area contributed by atoms with Gasteiger partial charge in [-0.2, -0.15) is 0 Å². The Hall–Kier alpha value is -3.75. The largest absolute Gasteiger partial charge is 0.388 e. The van der Waals surface area contributed by atoms with Crippen LogP contribution in [0.2, 0.25) is 5.02 Å². The fraction of sp³-hybridized carbons (Fsp3) is 0.111. The Kier molecular flexibility index (Phi) is 6.47. The maximum Gasteiger partial charge on any atom is 0.265 e. The second kappa shape index (κ2) is 9.72. The van der Waals surface area contributed by atoms with Crippen LogP contribution >= 0.6 is 22.9 Å². The monoisotopic (exact) mass is 523 g/mol. The van der Waals surface area contributed by atoms with E-state index in [1.807, 2.05) is 0 Å². The van der Waals surface area contributed by atoms with Gasteiger partial charge >= 0.3 is 0 Å². The van der Waals surface area contributed by atoms with E-state index < -0.39 is 17.5 Å². The van der Waals surface area contributed by atoms with E-state index in [0.717, 1.165) is 16.1 Å². The first-order chi connectivity index (χ1) is 17.4. The number of para-hydroxylation sites is 1. The average Bonchev–Trinajstić information content (AvgIpc) is 3.24. The Labute approximate surface area is 215 Å². The first-order valence-corrected chi connectivity index (χ1v) is 12.3. The van der Waals surface area contributed by atoms with Crippen molar-refractivity contribution in [3.63, 3.8) is 0 Å². The number of hydrogen-bond donors (Lipinski definition) is 2. The Morgan fingerprint density at radius 2 is 1.81 bits per heavy atom. The number of anilines is 3. The molecule has 182 valence electrons. The molecule has 3 aromatic carbocycles. The van der Waals surface area contributed by atoms with E-state index in [-0.39, 0.29) is 16.6 Å². The van der Waals surface area contributed by atoms with Crippen molar-refractivity contribution in [2.75, 3.05) is 29.1 Å². The molecule has 0 spiro atoms. The summed E-state index contributed by atoms with van der Waals surface area (Å²) in [6, 6.07) is 17.2. The van der Waals surface area contributed by atoms with Crippen molar-refractivity contribution in [3.8, 4) is 10.4 Å². The third kappa shape index (κ3) is 4.45. The van der Waals surface area contributed by atoms with Crippen molar-refractivity contribution in [2.45, 2.75) is 6.42 Å². The van der Waals surface area contributed by atoms with Gasteiger partial charge in [0.1, 0.15) is 11.6 Å². The summed E-state index contributed by atoms with van der Waals surface area (Å²) in [4.78, 5) is 29.0. The highest BCUT2D eigenvalue weighted by molar-refractivity contribution is 7.17. The predicted molar refractivity (Wildman–Crippen MR) is 140 cm³/mol. The van der Waals surface area contributed by atoms with Gasteiger partial charge < -0.3 is 15.5 Å². The van der Waals surface area contributed by atoms with Crippen molar-refractivity contribution in [2.24, 2.45) is 0 Å². The fourth-order valence-corrected chi connectivity index (χ4v) is 5.52. The molecular formula is C27H20ClF2N3O2S. The second-order valence-corrected chi connectivity index (χ2v) is 9.67. The van der Waals surface area contributed by atoms with Crippen molar-refractivity contribution in [3.05, 3.63) is 99.4 Å². The van der Waals surface area contributed by atoms with Crippen LogP contribution in [0.5, 0.6) is 0 Å². The normalized spacial score (nSPS) is 12.4. The van der Waals surface area contributed by atoms with Crippen LogP contribution in [0, 0.1) is 11.6 Å². The Bertz CT molecular complexity index is 1470. The number of carbonyl (C=O) groups is 2. The minimum Gasteiger partial charge on any atom is -0.388 e. The molecule has 0 saturated heterocycles. The van der Waals surface area contributed by atoms with Gasteiger partial charge in [0.15, 0.2) is 0 Å². The zero-order valence-electron chi connectivity index (χ0n) is 19.1. The molecule has 1 aliphatic rings. The van der Waals surface area contributed by atoms with Gasteiger partial charge in [0.25, 0.3) is 11.8 Å². The molecule has 0 saturated carbocycles. The number of rotatable bonds is 4. The molecule has 2 heterocycles. The van der Waals surface area contributed by atoms with Crippen LogP contribution in [0.25, 0.3) is 10.4 Å². The van der Waals surface area contributed by atoms with Gasteiger partial charge in [-0.05, 0) is 72.6 Å². The van der Waals surface area contributed by atoms with Gasteiger partial charge in [-0.15, -0.1) is 11.3 Å². The lowest BCUT2D eigenvalue weighted by Gasteiger charge is -2.23. The van der Waals surface area contributed by atoms with E-state index in [2.05, 4.69) is 10.6 Å². The molecule has 0 fully saturated rings. The maximum absolute atomic E-state index is 14.3. The van der Waals surface area contributed by atoms with Crippen LogP contribution < -0.4 is 15.5 Å². The van der Waals surface area contributed by atoms with Crippen molar-refractivity contribution >= 4 is 51.8 Å². The SMILES string of the molecule is CNc1ccc(C(=O)N2CCc3cc(C(=O)Nc4c(F)cccc4Cl)sc3-c3ccc(F)cc32)cc1. The minimum absolute atomic E-state index is 0.0868. The molecule has 2 N–H and O–H groups in total. The molecule has 0 radical (unpaired) electrons. The van der Waals surface area contributed by atoms with E-state index in [9.17, 15) is 18.4 Å². The quantitative estimate of drug-likeness (QED) is 0.308. The Balaban J connectivity index is 1.50. The van der Waals surface area contributed by atoms with Gasteiger partial charge in [0.05, 0.1) is 21.3 Å². The molecular weight excluding hydrogens is 504 g/mol. The summed E-state index contributed by atoms with van der Waals surface area (Å²) >= 11 is 7.26. The maximum atomic E-state index is 14.3. The highest BCUT2D eigenvalue weighted by atomic mass is 35.5. The molecule has 1 aromatic heterocycles. The number of hydrogen-bond acceptors (Lipinski definition) is 4. The topological polar surface area (TPSA) is 61.4 Å². The van der Waals surface area contributed by atoms with Crippen LogP contribution in [0.1, 0.15) is 25.6 Å². The van der Waals surface area contributed by atoms with E-state index in [1.165, 1.54) is 41.7 Å². The Morgan fingerprint density at radius 3 is 2.53 bits per heavy atom. The van der Waals surface area contributed by atoms with Gasteiger partial charge in [0.2, 0.25) is 0 Å². The summed E-state index contributed by atoms with van der Waals surface area (Å²) in [5.74, 6) is -1.84. The number of nitrogens with one attached hydrogen (secondary N) is 2. The number of carbonyl (C=O) groups excluding carboxylic acids is 2. The molecule has 36 heavy (non-hydrogen) atoms. The number of thiophene rings is 1. The average molecular weight is 524 g/mol. The predicted octanol–water partition coefficient (Wildman–Crippen LogP) is 6.84. The number of nitrogens with zero attached hydrogens (tertiary/aromatic N) is 1. The molecule has 2 amide bonds. The summed E-state index contributed by atoms with van der Waals surface area (Å²) in [5, 5.41) is 5.66. The first-order valence-electron chi connectivity index (χ1n) is 11.1. The zero-order chi connectivity index (χ0) is 25.4. The van der Waals surface area contributed by atoms with Gasteiger partial charge in [-0.1, -0.05) is 17.7 Å². The minimum atomic E-state index is -0.633.